The molecular formula is C13H18N2. The predicted octanol–water partition coefficient (Wildman–Crippen LogP) is 2.11. The van der Waals surface area contributed by atoms with E-state index < -0.39 is 0 Å². The Balaban J connectivity index is 2.61. The second kappa shape index (κ2) is 6.10. The molecule has 80 valence electrons. The first-order chi connectivity index (χ1) is 7.26. The van der Waals surface area contributed by atoms with Gasteiger partial charge in [-0.2, -0.15) is 0 Å². The number of terminal acetylenes is 1. The average Bonchev–Trinajstić information content (AvgIpc) is 2.18. The second-order valence-corrected chi connectivity index (χ2v) is 3.66. The highest BCUT2D eigenvalue weighted by Crippen LogP contribution is 2.09. The lowest BCUT2D eigenvalue weighted by Gasteiger charge is -2.18. The number of nitrogen functional groups attached to an aromatic ring is 1. The summed E-state index contributed by atoms with van der Waals surface area (Å²) in [7, 11) is 0. The molecule has 2 heteroatoms. The summed E-state index contributed by atoms with van der Waals surface area (Å²) < 4.78 is 0. The number of rotatable bonds is 5. The van der Waals surface area contributed by atoms with Gasteiger partial charge in [0, 0.05) is 12.2 Å². The van der Waals surface area contributed by atoms with Gasteiger partial charge in [0.15, 0.2) is 0 Å². The molecule has 0 heterocycles. The molecule has 0 aliphatic rings. The number of nitrogens with two attached hydrogens (primary N) is 1. The van der Waals surface area contributed by atoms with E-state index in [9.17, 15) is 0 Å². The topological polar surface area (TPSA) is 29.3 Å². The van der Waals surface area contributed by atoms with Crippen LogP contribution in [0.5, 0.6) is 0 Å². The molecule has 0 aromatic heterocycles. The third-order valence-electron chi connectivity index (χ3n) is 2.21. The summed E-state index contributed by atoms with van der Waals surface area (Å²) in [5.41, 5.74) is 7.75. The Morgan fingerprint density at radius 3 is 2.87 bits per heavy atom. The fourth-order valence-corrected chi connectivity index (χ4v) is 1.61. The van der Waals surface area contributed by atoms with Crippen molar-refractivity contribution >= 4 is 5.69 Å². The van der Waals surface area contributed by atoms with Crippen LogP contribution < -0.4 is 5.73 Å². The SMILES string of the molecule is C#CCN(CCC)Cc1cccc(N)c1. The standard InChI is InChI=1S/C13H18N2/c1-3-8-15(9-4-2)11-12-6-5-7-13(14)10-12/h1,5-7,10H,4,8-9,11,14H2,2H3. The van der Waals surface area contributed by atoms with Crippen molar-refractivity contribution in [2.75, 3.05) is 18.8 Å². The van der Waals surface area contributed by atoms with Crippen LogP contribution in [-0.4, -0.2) is 18.0 Å². The van der Waals surface area contributed by atoms with E-state index in [2.05, 4.69) is 23.8 Å². The van der Waals surface area contributed by atoms with Crippen LogP contribution >= 0.6 is 0 Å². The van der Waals surface area contributed by atoms with Gasteiger partial charge in [0.05, 0.1) is 6.54 Å². The number of hydrogen-bond acceptors (Lipinski definition) is 2. The van der Waals surface area contributed by atoms with Gasteiger partial charge in [-0.3, -0.25) is 4.90 Å². The van der Waals surface area contributed by atoms with E-state index >= 15 is 0 Å². The lowest BCUT2D eigenvalue weighted by atomic mass is 10.2. The van der Waals surface area contributed by atoms with Crippen LogP contribution in [0, 0.1) is 12.3 Å². The zero-order valence-corrected chi connectivity index (χ0v) is 9.24. The van der Waals surface area contributed by atoms with Crippen molar-refractivity contribution < 1.29 is 0 Å². The molecule has 15 heavy (non-hydrogen) atoms. The monoisotopic (exact) mass is 202 g/mol. The highest BCUT2D eigenvalue weighted by Gasteiger charge is 2.03. The van der Waals surface area contributed by atoms with Gasteiger partial charge in [-0.15, -0.1) is 6.42 Å². The third-order valence-corrected chi connectivity index (χ3v) is 2.21. The maximum absolute atomic E-state index is 5.72. The molecule has 1 aromatic carbocycles. The summed E-state index contributed by atoms with van der Waals surface area (Å²) in [6, 6.07) is 7.95. The fraction of sp³-hybridized carbons (Fsp3) is 0.385. The molecule has 0 aliphatic heterocycles. The normalized spacial score (nSPS) is 10.2. The molecule has 0 radical (unpaired) electrons. The number of hydrogen-bond donors (Lipinski definition) is 1. The first-order valence-electron chi connectivity index (χ1n) is 5.26. The molecule has 1 aromatic rings. The maximum atomic E-state index is 5.72. The van der Waals surface area contributed by atoms with E-state index in [0.29, 0.717) is 6.54 Å². The van der Waals surface area contributed by atoms with Crippen LogP contribution in [0.4, 0.5) is 5.69 Å². The summed E-state index contributed by atoms with van der Waals surface area (Å²) in [5.74, 6) is 2.68. The van der Waals surface area contributed by atoms with Crippen LogP contribution in [0.25, 0.3) is 0 Å². The highest BCUT2D eigenvalue weighted by atomic mass is 15.1. The molecule has 2 nitrogen and oxygen atoms in total. The smallest absolute Gasteiger partial charge is 0.0601 e. The zero-order chi connectivity index (χ0) is 11.1. The average molecular weight is 202 g/mol. The highest BCUT2D eigenvalue weighted by molar-refractivity contribution is 5.40. The Labute approximate surface area is 92.1 Å². The van der Waals surface area contributed by atoms with Crippen LogP contribution in [0.2, 0.25) is 0 Å². The van der Waals surface area contributed by atoms with Crippen LogP contribution in [0.1, 0.15) is 18.9 Å². The second-order valence-electron chi connectivity index (χ2n) is 3.66. The van der Waals surface area contributed by atoms with Crippen molar-refractivity contribution in [2.45, 2.75) is 19.9 Å². The molecule has 2 N–H and O–H groups in total. The molecule has 0 spiro atoms. The van der Waals surface area contributed by atoms with Gasteiger partial charge < -0.3 is 5.73 Å². The first-order valence-corrected chi connectivity index (χ1v) is 5.26. The summed E-state index contributed by atoms with van der Waals surface area (Å²) in [6.07, 6.45) is 6.44. The first kappa shape index (κ1) is 11.6. The predicted molar refractivity (Wildman–Crippen MR) is 65.3 cm³/mol. The Bertz CT molecular complexity index is 339. The minimum absolute atomic E-state index is 0.697. The van der Waals surface area contributed by atoms with Gasteiger partial charge in [-0.1, -0.05) is 25.0 Å². The van der Waals surface area contributed by atoms with Gasteiger partial charge in [-0.05, 0) is 30.7 Å². The number of nitrogens with zero attached hydrogens (tertiary/aromatic N) is 1. The lowest BCUT2D eigenvalue weighted by molar-refractivity contribution is 0.300. The van der Waals surface area contributed by atoms with Crippen molar-refractivity contribution in [1.29, 1.82) is 0 Å². The summed E-state index contributed by atoms with van der Waals surface area (Å²) in [6.45, 7) is 4.76. The summed E-state index contributed by atoms with van der Waals surface area (Å²) >= 11 is 0. The minimum Gasteiger partial charge on any atom is -0.399 e. The summed E-state index contributed by atoms with van der Waals surface area (Å²) in [4.78, 5) is 2.24. The van der Waals surface area contributed by atoms with Gasteiger partial charge in [0.2, 0.25) is 0 Å². The van der Waals surface area contributed by atoms with Crippen molar-refractivity contribution in [3.8, 4) is 12.3 Å². The maximum Gasteiger partial charge on any atom is 0.0601 e. The number of benzene rings is 1. The van der Waals surface area contributed by atoms with Crippen molar-refractivity contribution in [3.63, 3.8) is 0 Å². The molecular weight excluding hydrogens is 184 g/mol. The van der Waals surface area contributed by atoms with Crippen LogP contribution in [0.15, 0.2) is 24.3 Å². The molecule has 0 aliphatic carbocycles. The van der Waals surface area contributed by atoms with Gasteiger partial charge >= 0.3 is 0 Å². The van der Waals surface area contributed by atoms with Crippen LogP contribution in [0.3, 0.4) is 0 Å². The van der Waals surface area contributed by atoms with E-state index in [0.717, 1.165) is 25.2 Å². The van der Waals surface area contributed by atoms with Crippen molar-refractivity contribution in [2.24, 2.45) is 0 Å². The Kier molecular flexibility index (Phi) is 4.73. The van der Waals surface area contributed by atoms with E-state index in [4.69, 9.17) is 12.2 Å². The molecule has 0 bridgehead atoms. The van der Waals surface area contributed by atoms with Gasteiger partial charge in [-0.25, -0.2) is 0 Å². The van der Waals surface area contributed by atoms with E-state index in [1.807, 2.05) is 18.2 Å². The van der Waals surface area contributed by atoms with E-state index in [-0.39, 0.29) is 0 Å². The largest absolute Gasteiger partial charge is 0.399 e. The quantitative estimate of drug-likeness (QED) is 0.585. The molecule has 0 saturated heterocycles. The molecule has 0 amide bonds. The Morgan fingerprint density at radius 1 is 1.47 bits per heavy atom. The fourth-order valence-electron chi connectivity index (χ4n) is 1.61. The molecule has 0 atom stereocenters. The zero-order valence-electron chi connectivity index (χ0n) is 9.24. The van der Waals surface area contributed by atoms with E-state index in [1.54, 1.807) is 0 Å². The minimum atomic E-state index is 0.697. The molecule has 0 unspecified atom stereocenters. The van der Waals surface area contributed by atoms with E-state index in [1.165, 1.54) is 5.56 Å². The Morgan fingerprint density at radius 2 is 2.27 bits per heavy atom. The van der Waals surface area contributed by atoms with Gasteiger partial charge in [0.1, 0.15) is 0 Å². The third kappa shape index (κ3) is 4.05. The summed E-state index contributed by atoms with van der Waals surface area (Å²) in [5, 5.41) is 0. The van der Waals surface area contributed by atoms with Crippen molar-refractivity contribution in [1.82, 2.24) is 4.90 Å². The van der Waals surface area contributed by atoms with Crippen LogP contribution in [-0.2, 0) is 6.54 Å². The van der Waals surface area contributed by atoms with Gasteiger partial charge in [0.25, 0.3) is 0 Å². The molecule has 1 rings (SSSR count). The number of anilines is 1. The Hall–Kier alpha value is -1.46. The molecule has 0 saturated carbocycles. The lowest BCUT2D eigenvalue weighted by Crippen LogP contribution is -2.24. The van der Waals surface area contributed by atoms with Crippen molar-refractivity contribution in [3.05, 3.63) is 29.8 Å². The molecule has 0 fully saturated rings.